The fourth-order valence-electron chi connectivity index (χ4n) is 2.17. The molecule has 3 heteroatoms. The van der Waals surface area contributed by atoms with E-state index in [0.717, 1.165) is 30.5 Å². The molecule has 1 nitrogen and oxygen atoms in total. The predicted octanol–water partition coefficient (Wildman–Crippen LogP) is 4.48. The Bertz CT molecular complexity index is 507. The van der Waals surface area contributed by atoms with E-state index in [9.17, 15) is 4.39 Å². The highest BCUT2D eigenvalue weighted by Gasteiger charge is 2.16. The van der Waals surface area contributed by atoms with Gasteiger partial charge in [0.05, 0.1) is 0 Å². The normalized spacial score (nSPS) is 12.6. The topological polar surface area (TPSA) is 12.0 Å². The average molecular weight is 277 g/mol. The van der Waals surface area contributed by atoms with Crippen molar-refractivity contribution in [1.29, 1.82) is 0 Å². The zero-order chi connectivity index (χ0) is 13.7. The van der Waals surface area contributed by atoms with Gasteiger partial charge in [0, 0.05) is 11.6 Å². The molecule has 1 atom stereocenters. The van der Waals surface area contributed by atoms with Gasteiger partial charge in [0.2, 0.25) is 0 Å². The SMILES string of the molecule is CCCNC(Cc1ccsc1)c1ccc(C)cc1F. The van der Waals surface area contributed by atoms with Crippen LogP contribution in [-0.4, -0.2) is 6.54 Å². The number of rotatable bonds is 6. The van der Waals surface area contributed by atoms with Gasteiger partial charge < -0.3 is 5.32 Å². The summed E-state index contributed by atoms with van der Waals surface area (Å²) in [4.78, 5) is 0. The minimum atomic E-state index is -0.108. The molecular weight excluding hydrogens is 257 g/mol. The third-order valence-electron chi connectivity index (χ3n) is 3.19. The minimum absolute atomic E-state index is 0.0511. The molecular formula is C16H20FNS. The number of benzene rings is 1. The van der Waals surface area contributed by atoms with Gasteiger partial charge in [-0.15, -0.1) is 0 Å². The van der Waals surface area contributed by atoms with E-state index >= 15 is 0 Å². The Morgan fingerprint density at radius 3 is 2.79 bits per heavy atom. The van der Waals surface area contributed by atoms with Crippen LogP contribution in [-0.2, 0) is 6.42 Å². The van der Waals surface area contributed by atoms with E-state index in [1.807, 2.05) is 19.1 Å². The highest BCUT2D eigenvalue weighted by Crippen LogP contribution is 2.23. The van der Waals surface area contributed by atoms with Crippen LogP contribution in [0.3, 0.4) is 0 Å². The Morgan fingerprint density at radius 1 is 1.32 bits per heavy atom. The lowest BCUT2D eigenvalue weighted by Crippen LogP contribution is -2.25. The molecule has 0 amide bonds. The highest BCUT2D eigenvalue weighted by atomic mass is 32.1. The van der Waals surface area contributed by atoms with Crippen LogP contribution < -0.4 is 5.32 Å². The number of halogens is 1. The Morgan fingerprint density at radius 2 is 2.16 bits per heavy atom. The number of hydrogen-bond donors (Lipinski definition) is 1. The van der Waals surface area contributed by atoms with Crippen LogP contribution >= 0.6 is 11.3 Å². The van der Waals surface area contributed by atoms with Crippen molar-refractivity contribution in [2.24, 2.45) is 0 Å². The fraction of sp³-hybridized carbons (Fsp3) is 0.375. The molecule has 0 saturated heterocycles. The third kappa shape index (κ3) is 3.88. The fourth-order valence-corrected chi connectivity index (χ4v) is 2.85. The van der Waals surface area contributed by atoms with Crippen molar-refractivity contribution in [2.45, 2.75) is 32.7 Å². The van der Waals surface area contributed by atoms with Crippen LogP contribution in [0.15, 0.2) is 35.0 Å². The van der Waals surface area contributed by atoms with Crippen LogP contribution in [0.25, 0.3) is 0 Å². The lowest BCUT2D eigenvalue weighted by molar-refractivity contribution is 0.497. The molecule has 0 aliphatic rings. The first-order valence-corrected chi connectivity index (χ1v) is 7.65. The first kappa shape index (κ1) is 14.2. The van der Waals surface area contributed by atoms with Crippen molar-refractivity contribution in [3.8, 4) is 0 Å². The molecule has 0 fully saturated rings. The lowest BCUT2D eigenvalue weighted by atomic mass is 9.98. The quantitative estimate of drug-likeness (QED) is 0.821. The second-order valence-corrected chi connectivity index (χ2v) is 5.65. The maximum Gasteiger partial charge on any atom is 0.128 e. The maximum absolute atomic E-state index is 14.1. The van der Waals surface area contributed by atoms with E-state index in [4.69, 9.17) is 0 Å². The molecule has 1 unspecified atom stereocenters. The number of hydrogen-bond acceptors (Lipinski definition) is 2. The van der Waals surface area contributed by atoms with Crippen LogP contribution in [0.2, 0.25) is 0 Å². The van der Waals surface area contributed by atoms with Gasteiger partial charge in [-0.2, -0.15) is 11.3 Å². The molecule has 19 heavy (non-hydrogen) atoms. The van der Waals surface area contributed by atoms with Crippen molar-refractivity contribution in [1.82, 2.24) is 5.32 Å². The van der Waals surface area contributed by atoms with E-state index in [2.05, 4.69) is 29.1 Å². The third-order valence-corrected chi connectivity index (χ3v) is 3.92. The zero-order valence-electron chi connectivity index (χ0n) is 11.4. The molecule has 1 aromatic heterocycles. The molecule has 1 N–H and O–H groups in total. The van der Waals surface area contributed by atoms with Gasteiger partial charge in [-0.05, 0) is 60.3 Å². The number of aryl methyl sites for hydroxylation is 1. The van der Waals surface area contributed by atoms with Gasteiger partial charge in [0.25, 0.3) is 0 Å². The van der Waals surface area contributed by atoms with Crippen molar-refractivity contribution in [2.75, 3.05) is 6.54 Å². The van der Waals surface area contributed by atoms with E-state index in [1.165, 1.54) is 5.56 Å². The maximum atomic E-state index is 14.1. The van der Waals surface area contributed by atoms with Gasteiger partial charge in [0.1, 0.15) is 5.82 Å². The van der Waals surface area contributed by atoms with Gasteiger partial charge in [-0.1, -0.05) is 19.1 Å². The molecule has 0 aliphatic carbocycles. The predicted molar refractivity (Wildman–Crippen MR) is 80.2 cm³/mol. The van der Waals surface area contributed by atoms with Crippen molar-refractivity contribution in [3.63, 3.8) is 0 Å². The summed E-state index contributed by atoms with van der Waals surface area (Å²) >= 11 is 1.69. The molecule has 0 bridgehead atoms. The van der Waals surface area contributed by atoms with E-state index in [0.29, 0.717) is 0 Å². The second kappa shape index (κ2) is 6.83. The summed E-state index contributed by atoms with van der Waals surface area (Å²) in [6.07, 6.45) is 1.89. The molecule has 2 rings (SSSR count). The summed E-state index contributed by atoms with van der Waals surface area (Å²) in [5.41, 5.74) is 3.00. The molecule has 0 radical (unpaired) electrons. The van der Waals surface area contributed by atoms with Crippen molar-refractivity contribution < 1.29 is 4.39 Å². The smallest absolute Gasteiger partial charge is 0.128 e. The van der Waals surface area contributed by atoms with Crippen LogP contribution in [0.1, 0.15) is 36.1 Å². The standard InChI is InChI=1S/C16H20FNS/c1-3-7-18-16(10-13-6-8-19-11-13)14-5-4-12(2)9-15(14)17/h4-6,8-9,11,16,18H,3,7,10H2,1-2H3. The molecule has 0 saturated carbocycles. The first-order chi connectivity index (χ1) is 9.20. The molecule has 102 valence electrons. The summed E-state index contributed by atoms with van der Waals surface area (Å²) in [6.45, 7) is 4.95. The van der Waals surface area contributed by atoms with Gasteiger partial charge in [-0.3, -0.25) is 0 Å². The Labute approximate surface area is 118 Å². The zero-order valence-corrected chi connectivity index (χ0v) is 12.3. The molecule has 2 aromatic rings. The summed E-state index contributed by atoms with van der Waals surface area (Å²) in [6, 6.07) is 7.66. The Kier molecular flexibility index (Phi) is 5.11. The van der Waals surface area contributed by atoms with Crippen molar-refractivity contribution in [3.05, 3.63) is 57.5 Å². The monoisotopic (exact) mass is 277 g/mol. The summed E-state index contributed by atoms with van der Waals surface area (Å²) in [5, 5.41) is 7.65. The van der Waals surface area contributed by atoms with E-state index < -0.39 is 0 Å². The summed E-state index contributed by atoms with van der Waals surface area (Å²) in [5.74, 6) is -0.108. The van der Waals surface area contributed by atoms with Gasteiger partial charge >= 0.3 is 0 Å². The van der Waals surface area contributed by atoms with Crippen molar-refractivity contribution >= 4 is 11.3 Å². The summed E-state index contributed by atoms with van der Waals surface area (Å²) < 4.78 is 14.1. The van der Waals surface area contributed by atoms with Crippen LogP contribution in [0.5, 0.6) is 0 Å². The van der Waals surface area contributed by atoms with Gasteiger partial charge in [0.15, 0.2) is 0 Å². The number of nitrogens with one attached hydrogen (secondary N) is 1. The van der Waals surface area contributed by atoms with Crippen LogP contribution in [0.4, 0.5) is 4.39 Å². The van der Waals surface area contributed by atoms with E-state index in [1.54, 1.807) is 17.4 Å². The summed E-state index contributed by atoms with van der Waals surface area (Å²) in [7, 11) is 0. The van der Waals surface area contributed by atoms with Gasteiger partial charge in [-0.25, -0.2) is 4.39 Å². The van der Waals surface area contributed by atoms with E-state index in [-0.39, 0.29) is 11.9 Å². The Balaban J connectivity index is 2.20. The largest absolute Gasteiger partial charge is 0.310 e. The second-order valence-electron chi connectivity index (χ2n) is 4.87. The molecule has 0 aliphatic heterocycles. The first-order valence-electron chi connectivity index (χ1n) is 6.71. The number of thiophene rings is 1. The average Bonchev–Trinajstić information content (AvgIpc) is 2.88. The molecule has 0 spiro atoms. The lowest BCUT2D eigenvalue weighted by Gasteiger charge is -2.19. The molecule has 1 heterocycles. The Hall–Kier alpha value is -1.19. The highest BCUT2D eigenvalue weighted by molar-refractivity contribution is 7.07. The van der Waals surface area contributed by atoms with Crippen LogP contribution in [0, 0.1) is 12.7 Å². The molecule has 1 aromatic carbocycles. The minimum Gasteiger partial charge on any atom is -0.310 e.